The molecule has 1 heterocycles. The molecule has 16 heavy (non-hydrogen) atoms. The SMILES string of the molecule is O=C1NCCN1CCNCC(F)(F)C(F)F. The van der Waals surface area contributed by atoms with Crippen LogP contribution >= 0.6 is 0 Å². The molecule has 0 aliphatic carbocycles. The van der Waals surface area contributed by atoms with Gasteiger partial charge in [-0.05, 0) is 0 Å². The summed E-state index contributed by atoms with van der Waals surface area (Å²) in [6, 6.07) is -0.262. The third-order valence-corrected chi connectivity index (χ3v) is 2.18. The Labute approximate surface area is 90.0 Å². The van der Waals surface area contributed by atoms with Crippen LogP contribution in [0.1, 0.15) is 0 Å². The summed E-state index contributed by atoms with van der Waals surface area (Å²) in [5.74, 6) is -4.02. The lowest BCUT2D eigenvalue weighted by Gasteiger charge is -2.18. The zero-order valence-electron chi connectivity index (χ0n) is 8.48. The number of hydrogen-bond acceptors (Lipinski definition) is 2. The smallest absolute Gasteiger partial charge is 0.319 e. The standard InChI is InChI=1S/C8H13F4N3O/c9-6(10)8(11,12)5-13-1-3-15-4-2-14-7(15)16/h6,13H,1-5H2,(H,14,16). The lowest BCUT2D eigenvalue weighted by atomic mass is 10.3. The van der Waals surface area contributed by atoms with Crippen molar-refractivity contribution in [2.75, 3.05) is 32.7 Å². The second-order valence-electron chi connectivity index (χ2n) is 3.46. The lowest BCUT2D eigenvalue weighted by Crippen LogP contribution is -2.42. The average molecular weight is 243 g/mol. The van der Waals surface area contributed by atoms with E-state index in [1.165, 1.54) is 4.90 Å². The molecular weight excluding hydrogens is 230 g/mol. The number of amides is 2. The minimum atomic E-state index is -4.02. The Morgan fingerprint density at radius 2 is 2.19 bits per heavy atom. The van der Waals surface area contributed by atoms with Gasteiger partial charge in [-0.15, -0.1) is 0 Å². The van der Waals surface area contributed by atoms with Crippen molar-refractivity contribution in [3.63, 3.8) is 0 Å². The van der Waals surface area contributed by atoms with E-state index < -0.39 is 18.9 Å². The molecule has 0 aromatic carbocycles. The molecule has 0 radical (unpaired) electrons. The number of alkyl halides is 4. The van der Waals surface area contributed by atoms with E-state index in [9.17, 15) is 22.4 Å². The van der Waals surface area contributed by atoms with Crippen molar-refractivity contribution >= 4 is 6.03 Å². The predicted molar refractivity (Wildman–Crippen MR) is 48.8 cm³/mol. The molecule has 0 atom stereocenters. The van der Waals surface area contributed by atoms with E-state index >= 15 is 0 Å². The molecule has 1 saturated heterocycles. The van der Waals surface area contributed by atoms with Crippen LogP contribution in [0.5, 0.6) is 0 Å². The van der Waals surface area contributed by atoms with Crippen molar-refractivity contribution in [2.45, 2.75) is 12.3 Å². The Bertz CT molecular complexity index is 249. The lowest BCUT2D eigenvalue weighted by molar-refractivity contribution is -0.125. The predicted octanol–water partition coefficient (Wildman–Crippen LogP) is 0.502. The van der Waals surface area contributed by atoms with E-state index in [0.717, 1.165) is 0 Å². The minimum Gasteiger partial charge on any atom is -0.336 e. The van der Waals surface area contributed by atoms with Gasteiger partial charge >= 0.3 is 18.4 Å². The molecule has 8 heteroatoms. The molecule has 0 saturated carbocycles. The normalized spacial score (nSPS) is 17.1. The molecule has 0 spiro atoms. The first-order valence-electron chi connectivity index (χ1n) is 4.83. The fraction of sp³-hybridized carbons (Fsp3) is 0.875. The molecule has 2 amide bonds. The minimum absolute atomic E-state index is 0.0652. The topological polar surface area (TPSA) is 44.4 Å². The highest BCUT2D eigenvalue weighted by atomic mass is 19.3. The van der Waals surface area contributed by atoms with Gasteiger partial charge in [-0.3, -0.25) is 0 Å². The molecule has 1 fully saturated rings. The van der Waals surface area contributed by atoms with Crippen LogP contribution in [0.3, 0.4) is 0 Å². The van der Waals surface area contributed by atoms with E-state index in [1.54, 1.807) is 0 Å². The summed E-state index contributed by atoms with van der Waals surface area (Å²) in [5, 5.41) is 4.74. The van der Waals surface area contributed by atoms with Crippen molar-refractivity contribution in [3.8, 4) is 0 Å². The monoisotopic (exact) mass is 243 g/mol. The van der Waals surface area contributed by atoms with Crippen LogP contribution in [-0.4, -0.2) is 56.0 Å². The molecule has 1 aliphatic rings. The van der Waals surface area contributed by atoms with Gasteiger partial charge in [0.1, 0.15) is 0 Å². The second-order valence-corrected chi connectivity index (χ2v) is 3.46. The van der Waals surface area contributed by atoms with Crippen LogP contribution in [0.4, 0.5) is 22.4 Å². The van der Waals surface area contributed by atoms with Gasteiger partial charge in [0.05, 0.1) is 6.54 Å². The van der Waals surface area contributed by atoms with Crippen molar-refractivity contribution in [2.24, 2.45) is 0 Å². The summed E-state index contributed by atoms with van der Waals surface area (Å²) < 4.78 is 48.3. The maximum atomic E-state index is 12.4. The Morgan fingerprint density at radius 3 is 2.69 bits per heavy atom. The van der Waals surface area contributed by atoms with Crippen molar-refractivity contribution in [1.29, 1.82) is 0 Å². The fourth-order valence-corrected chi connectivity index (χ4v) is 1.27. The third kappa shape index (κ3) is 3.51. The van der Waals surface area contributed by atoms with E-state index in [-0.39, 0.29) is 19.1 Å². The quantitative estimate of drug-likeness (QED) is 0.527. The molecule has 1 aliphatic heterocycles. The summed E-state index contributed by atoms with van der Waals surface area (Å²) in [6.07, 6.45) is -3.67. The highest BCUT2D eigenvalue weighted by Crippen LogP contribution is 2.21. The molecule has 2 N–H and O–H groups in total. The zero-order valence-corrected chi connectivity index (χ0v) is 8.48. The molecular formula is C8H13F4N3O. The third-order valence-electron chi connectivity index (χ3n) is 2.18. The number of hydrogen-bond donors (Lipinski definition) is 2. The molecule has 0 bridgehead atoms. The second kappa shape index (κ2) is 5.33. The van der Waals surface area contributed by atoms with Gasteiger partial charge < -0.3 is 15.5 Å². The van der Waals surface area contributed by atoms with Crippen molar-refractivity contribution < 1.29 is 22.4 Å². The summed E-state index contributed by atoms with van der Waals surface area (Å²) in [5.41, 5.74) is 0. The number of halogens is 4. The van der Waals surface area contributed by atoms with Gasteiger partial charge in [0.25, 0.3) is 0 Å². The Morgan fingerprint density at radius 1 is 1.50 bits per heavy atom. The molecule has 0 aromatic rings. The van der Waals surface area contributed by atoms with Gasteiger partial charge in [-0.2, -0.15) is 8.78 Å². The summed E-state index contributed by atoms with van der Waals surface area (Å²) in [4.78, 5) is 12.4. The molecule has 0 unspecified atom stereocenters. The van der Waals surface area contributed by atoms with Crippen LogP contribution in [0.15, 0.2) is 0 Å². The Hall–Kier alpha value is -1.05. The van der Waals surface area contributed by atoms with Crippen LogP contribution in [0.2, 0.25) is 0 Å². The average Bonchev–Trinajstić information content (AvgIpc) is 2.59. The first-order chi connectivity index (χ1) is 7.43. The van der Waals surface area contributed by atoms with Crippen molar-refractivity contribution in [1.82, 2.24) is 15.5 Å². The van der Waals surface area contributed by atoms with Gasteiger partial charge in [-0.25, -0.2) is 13.6 Å². The van der Waals surface area contributed by atoms with E-state index in [2.05, 4.69) is 10.6 Å². The zero-order chi connectivity index (χ0) is 12.2. The highest BCUT2D eigenvalue weighted by Gasteiger charge is 2.39. The Kier molecular flexibility index (Phi) is 4.34. The van der Waals surface area contributed by atoms with E-state index in [4.69, 9.17) is 0 Å². The number of nitrogens with one attached hydrogen (secondary N) is 2. The fourth-order valence-electron chi connectivity index (χ4n) is 1.27. The first kappa shape index (κ1) is 13.0. The van der Waals surface area contributed by atoms with Gasteiger partial charge in [0.15, 0.2) is 0 Å². The maximum Gasteiger partial charge on any atom is 0.319 e. The maximum absolute atomic E-state index is 12.4. The number of nitrogens with zero attached hydrogens (tertiary/aromatic N) is 1. The molecule has 0 aromatic heterocycles. The van der Waals surface area contributed by atoms with Gasteiger partial charge in [-0.1, -0.05) is 0 Å². The summed E-state index contributed by atoms with van der Waals surface area (Å²) >= 11 is 0. The first-order valence-corrected chi connectivity index (χ1v) is 4.83. The molecule has 94 valence electrons. The molecule has 1 rings (SSSR count). The molecule has 4 nitrogen and oxygen atoms in total. The van der Waals surface area contributed by atoms with Crippen molar-refractivity contribution in [3.05, 3.63) is 0 Å². The van der Waals surface area contributed by atoms with E-state index in [0.29, 0.717) is 13.1 Å². The number of urea groups is 1. The number of carbonyl (C=O) groups excluding carboxylic acids is 1. The van der Waals surface area contributed by atoms with E-state index in [1.807, 2.05) is 0 Å². The highest BCUT2D eigenvalue weighted by molar-refractivity contribution is 5.76. The van der Waals surface area contributed by atoms with Crippen LogP contribution in [-0.2, 0) is 0 Å². The van der Waals surface area contributed by atoms with Crippen LogP contribution in [0.25, 0.3) is 0 Å². The number of carbonyl (C=O) groups is 1. The number of rotatable bonds is 6. The van der Waals surface area contributed by atoms with Crippen LogP contribution in [0, 0.1) is 0 Å². The largest absolute Gasteiger partial charge is 0.336 e. The van der Waals surface area contributed by atoms with Crippen LogP contribution < -0.4 is 10.6 Å². The van der Waals surface area contributed by atoms with Gasteiger partial charge in [0.2, 0.25) is 0 Å². The van der Waals surface area contributed by atoms with Gasteiger partial charge in [0, 0.05) is 26.2 Å². The summed E-state index contributed by atoms with van der Waals surface area (Å²) in [7, 11) is 0. The summed E-state index contributed by atoms with van der Waals surface area (Å²) in [6.45, 7) is 0.235. The Balaban J connectivity index is 2.14.